The van der Waals surface area contributed by atoms with Crippen LogP contribution in [0.15, 0.2) is 29.2 Å². The van der Waals surface area contributed by atoms with Crippen molar-refractivity contribution in [3.05, 3.63) is 24.3 Å². The lowest BCUT2D eigenvalue weighted by molar-refractivity contribution is 0.500. The topological polar surface area (TPSA) is 84.2 Å². The third-order valence-electron chi connectivity index (χ3n) is 3.73. The van der Waals surface area contributed by atoms with Gasteiger partial charge in [0.15, 0.2) is 0 Å². The number of hydrogen-bond acceptors (Lipinski definition) is 4. The van der Waals surface area contributed by atoms with E-state index in [1.165, 1.54) is 7.05 Å². The average Bonchev–Trinajstić information content (AvgIpc) is 3.17. The zero-order valence-corrected chi connectivity index (χ0v) is 12.0. The number of anilines is 1. The highest BCUT2D eigenvalue weighted by molar-refractivity contribution is 7.89. The highest BCUT2D eigenvalue weighted by atomic mass is 32.2. The summed E-state index contributed by atoms with van der Waals surface area (Å²) in [7, 11) is -2.01. The SMILES string of the molecule is CNS(=O)(=O)c1ccccc1NCC1(CCN)CC1. The van der Waals surface area contributed by atoms with Crippen molar-refractivity contribution in [2.75, 3.05) is 25.5 Å². The predicted molar refractivity (Wildman–Crippen MR) is 76.5 cm³/mol. The number of hydrogen-bond donors (Lipinski definition) is 3. The van der Waals surface area contributed by atoms with Crippen molar-refractivity contribution < 1.29 is 8.42 Å². The number of rotatable bonds is 7. The molecule has 106 valence electrons. The van der Waals surface area contributed by atoms with Gasteiger partial charge in [-0.1, -0.05) is 12.1 Å². The standard InChI is InChI=1S/C13H21N3O2S/c1-15-19(17,18)12-5-3-2-4-11(12)16-10-13(6-7-13)8-9-14/h2-5,15-16H,6-10,14H2,1H3. The first-order valence-corrected chi connectivity index (χ1v) is 7.98. The quantitative estimate of drug-likeness (QED) is 0.700. The van der Waals surface area contributed by atoms with Crippen LogP contribution in [-0.2, 0) is 10.0 Å². The molecule has 1 saturated carbocycles. The Kier molecular flexibility index (Phi) is 4.13. The minimum atomic E-state index is -3.43. The number of para-hydroxylation sites is 1. The molecular weight excluding hydrogens is 262 g/mol. The molecule has 0 radical (unpaired) electrons. The Balaban J connectivity index is 2.13. The van der Waals surface area contributed by atoms with Gasteiger partial charge in [0.1, 0.15) is 4.90 Å². The molecule has 2 rings (SSSR count). The summed E-state index contributed by atoms with van der Waals surface area (Å²) in [6, 6.07) is 6.96. The van der Waals surface area contributed by atoms with Gasteiger partial charge in [-0.2, -0.15) is 0 Å². The van der Waals surface area contributed by atoms with Gasteiger partial charge in [-0.15, -0.1) is 0 Å². The van der Waals surface area contributed by atoms with Gasteiger partial charge >= 0.3 is 0 Å². The number of sulfonamides is 1. The Morgan fingerprint density at radius 1 is 1.32 bits per heavy atom. The molecule has 0 aromatic heterocycles. The molecule has 1 aliphatic carbocycles. The second-order valence-electron chi connectivity index (χ2n) is 5.10. The third-order valence-corrected chi connectivity index (χ3v) is 5.20. The third kappa shape index (κ3) is 3.26. The molecule has 0 bridgehead atoms. The van der Waals surface area contributed by atoms with E-state index in [0.29, 0.717) is 17.1 Å². The van der Waals surface area contributed by atoms with Crippen LogP contribution in [0.3, 0.4) is 0 Å². The van der Waals surface area contributed by atoms with Gasteiger partial charge < -0.3 is 11.1 Å². The molecule has 4 N–H and O–H groups in total. The molecule has 6 heteroatoms. The van der Waals surface area contributed by atoms with Crippen molar-refractivity contribution in [1.82, 2.24) is 4.72 Å². The summed E-state index contributed by atoms with van der Waals surface area (Å²) in [6.45, 7) is 1.46. The van der Waals surface area contributed by atoms with Crippen LogP contribution < -0.4 is 15.8 Å². The monoisotopic (exact) mass is 283 g/mol. The first-order valence-electron chi connectivity index (χ1n) is 6.49. The van der Waals surface area contributed by atoms with E-state index >= 15 is 0 Å². The number of benzene rings is 1. The van der Waals surface area contributed by atoms with Crippen LogP contribution in [0.5, 0.6) is 0 Å². The van der Waals surface area contributed by atoms with E-state index in [-0.39, 0.29) is 5.41 Å². The van der Waals surface area contributed by atoms with Gasteiger partial charge in [-0.05, 0) is 50.4 Å². The largest absolute Gasteiger partial charge is 0.383 e. The van der Waals surface area contributed by atoms with Crippen molar-refractivity contribution in [3.63, 3.8) is 0 Å². The van der Waals surface area contributed by atoms with E-state index in [2.05, 4.69) is 10.0 Å². The summed E-state index contributed by atoms with van der Waals surface area (Å²) in [6.07, 6.45) is 3.32. The van der Waals surface area contributed by atoms with Gasteiger partial charge in [-0.3, -0.25) is 0 Å². The normalized spacial score (nSPS) is 17.2. The molecule has 0 spiro atoms. The zero-order chi connectivity index (χ0) is 13.9. The maximum Gasteiger partial charge on any atom is 0.242 e. The fraction of sp³-hybridized carbons (Fsp3) is 0.538. The lowest BCUT2D eigenvalue weighted by Gasteiger charge is -2.17. The molecule has 1 aromatic carbocycles. The summed E-state index contributed by atoms with van der Waals surface area (Å²) in [5, 5.41) is 3.27. The molecule has 1 aromatic rings. The summed E-state index contributed by atoms with van der Waals surface area (Å²) >= 11 is 0. The molecule has 19 heavy (non-hydrogen) atoms. The molecule has 0 amide bonds. The van der Waals surface area contributed by atoms with Crippen LogP contribution in [0.4, 0.5) is 5.69 Å². The molecule has 0 atom stereocenters. The molecule has 0 saturated heterocycles. The molecule has 1 aliphatic rings. The van der Waals surface area contributed by atoms with E-state index in [1.807, 2.05) is 6.07 Å². The smallest absolute Gasteiger partial charge is 0.242 e. The Labute approximate surface area is 114 Å². The van der Waals surface area contributed by atoms with Gasteiger partial charge in [0, 0.05) is 6.54 Å². The highest BCUT2D eigenvalue weighted by Crippen LogP contribution is 2.48. The Hall–Kier alpha value is -1.11. The van der Waals surface area contributed by atoms with Gasteiger partial charge in [0.05, 0.1) is 5.69 Å². The fourth-order valence-corrected chi connectivity index (χ4v) is 3.15. The van der Waals surface area contributed by atoms with Crippen molar-refractivity contribution >= 4 is 15.7 Å². The summed E-state index contributed by atoms with van der Waals surface area (Å²) in [5.74, 6) is 0. The first-order chi connectivity index (χ1) is 9.03. The maximum atomic E-state index is 11.9. The van der Waals surface area contributed by atoms with Crippen LogP contribution in [0, 0.1) is 5.41 Å². The molecule has 0 unspecified atom stereocenters. The molecule has 0 aliphatic heterocycles. The second-order valence-corrected chi connectivity index (χ2v) is 6.95. The summed E-state index contributed by atoms with van der Waals surface area (Å²) < 4.78 is 26.2. The molecular formula is C13H21N3O2S. The Bertz CT molecular complexity index is 539. The van der Waals surface area contributed by atoms with E-state index in [4.69, 9.17) is 5.73 Å². The van der Waals surface area contributed by atoms with Crippen molar-refractivity contribution in [2.24, 2.45) is 11.1 Å². The van der Waals surface area contributed by atoms with E-state index in [1.54, 1.807) is 18.2 Å². The van der Waals surface area contributed by atoms with E-state index < -0.39 is 10.0 Å². The van der Waals surface area contributed by atoms with Gasteiger partial charge in [0.2, 0.25) is 10.0 Å². The fourth-order valence-electron chi connectivity index (χ4n) is 2.24. The van der Waals surface area contributed by atoms with Gasteiger partial charge in [0.25, 0.3) is 0 Å². The minimum absolute atomic E-state index is 0.269. The number of nitrogens with one attached hydrogen (secondary N) is 2. The first kappa shape index (κ1) is 14.3. The summed E-state index contributed by atoms with van der Waals surface area (Å²) in [5.41, 5.74) is 6.53. The lowest BCUT2D eigenvalue weighted by atomic mass is 10.0. The molecule has 5 nitrogen and oxygen atoms in total. The highest BCUT2D eigenvalue weighted by Gasteiger charge is 2.41. The Morgan fingerprint density at radius 3 is 2.58 bits per heavy atom. The van der Waals surface area contributed by atoms with Crippen molar-refractivity contribution in [1.29, 1.82) is 0 Å². The van der Waals surface area contributed by atoms with Gasteiger partial charge in [-0.25, -0.2) is 13.1 Å². The van der Waals surface area contributed by atoms with Crippen LogP contribution >= 0.6 is 0 Å². The zero-order valence-electron chi connectivity index (χ0n) is 11.1. The number of nitrogens with two attached hydrogens (primary N) is 1. The molecule has 1 fully saturated rings. The van der Waals surface area contributed by atoms with Crippen LogP contribution in [0.25, 0.3) is 0 Å². The molecule has 0 heterocycles. The summed E-state index contributed by atoms with van der Waals surface area (Å²) in [4.78, 5) is 0.293. The average molecular weight is 283 g/mol. The van der Waals surface area contributed by atoms with E-state index in [0.717, 1.165) is 25.8 Å². The van der Waals surface area contributed by atoms with Crippen molar-refractivity contribution in [3.8, 4) is 0 Å². The van der Waals surface area contributed by atoms with Crippen molar-refractivity contribution in [2.45, 2.75) is 24.2 Å². The van der Waals surface area contributed by atoms with Crippen LogP contribution in [0.1, 0.15) is 19.3 Å². The Morgan fingerprint density at radius 2 is 2.00 bits per heavy atom. The van der Waals surface area contributed by atoms with Crippen LogP contribution in [-0.4, -0.2) is 28.6 Å². The second kappa shape index (κ2) is 5.48. The van der Waals surface area contributed by atoms with E-state index in [9.17, 15) is 8.42 Å². The maximum absolute atomic E-state index is 11.9. The predicted octanol–water partition coefficient (Wildman–Crippen LogP) is 1.14. The van der Waals surface area contributed by atoms with Crippen LogP contribution in [0.2, 0.25) is 0 Å². The minimum Gasteiger partial charge on any atom is -0.383 e. The lowest BCUT2D eigenvalue weighted by Crippen LogP contribution is -2.23.